The third kappa shape index (κ3) is 5.38. The molecular formula is C13H22ClNO. The number of nitrogens with two attached hydrogens (primary N) is 1. The molecule has 0 aliphatic heterocycles. The van der Waals surface area contributed by atoms with Gasteiger partial charge in [0.15, 0.2) is 0 Å². The van der Waals surface area contributed by atoms with Gasteiger partial charge < -0.3 is 10.5 Å². The predicted molar refractivity (Wildman–Crippen MR) is 71.4 cm³/mol. The zero-order chi connectivity index (χ0) is 11.1. The van der Waals surface area contributed by atoms with Crippen molar-refractivity contribution in [3.63, 3.8) is 0 Å². The van der Waals surface area contributed by atoms with E-state index in [1.54, 1.807) is 0 Å². The van der Waals surface area contributed by atoms with Gasteiger partial charge in [0.2, 0.25) is 0 Å². The Labute approximate surface area is 105 Å². The molecule has 0 fully saturated rings. The second kappa shape index (κ2) is 8.43. The lowest BCUT2D eigenvalue weighted by Crippen LogP contribution is -2.21. The van der Waals surface area contributed by atoms with Gasteiger partial charge in [-0.15, -0.1) is 12.4 Å². The Kier molecular flexibility index (Phi) is 8.04. The van der Waals surface area contributed by atoms with E-state index in [1.165, 1.54) is 5.56 Å². The number of ether oxygens (including phenoxy) is 1. The molecule has 0 aliphatic carbocycles. The van der Waals surface area contributed by atoms with Crippen LogP contribution in [0.25, 0.3) is 0 Å². The van der Waals surface area contributed by atoms with Crippen LogP contribution >= 0.6 is 12.4 Å². The van der Waals surface area contributed by atoms with Gasteiger partial charge in [0.05, 0.1) is 6.61 Å². The van der Waals surface area contributed by atoms with Crippen molar-refractivity contribution in [3.05, 3.63) is 29.8 Å². The Hall–Kier alpha value is -0.730. The Morgan fingerprint density at radius 2 is 2.06 bits per heavy atom. The van der Waals surface area contributed by atoms with E-state index in [4.69, 9.17) is 10.5 Å². The topological polar surface area (TPSA) is 35.2 Å². The summed E-state index contributed by atoms with van der Waals surface area (Å²) in [4.78, 5) is 0. The van der Waals surface area contributed by atoms with E-state index >= 15 is 0 Å². The molecule has 0 amide bonds. The van der Waals surface area contributed by atoms with Crippen LogP contribution < -0.4 is 10.5 Å². The summed E-state index contributed by atoms with van der Waals surface area (Å²) in [6, 6.07) is 8.48. The molecule has 0 heterocycles. The normalized spacial score (nSPS) is 11.7. The summed E-state index contributed by atoms with van der Waals surface area (Å²) in [5, 5.41) is 0. The monoisotopic (exact) mass is 243 g/mol. The van der Waals surface area contributed by atoms with Gasteiger partial charge in [-0.25, -0.2) is 0 Å². The summed E-state index contributed by atoms with van der Waals surface area (Å²) >= 11 is 0. The molecule has 1 atom stereocenters. The van der Waals surface area contributed by atoms with Crippen molar-refractivity contribution >= 4 is 12.4 Å². The standard InChI is InChI=1S/C13H21NO.ClH/c1-3-8-15-13-7-5-6-11(10-13)9-12(14)4-2;/h5-7,10,12H,3-4,8-9,14H2,1-2H3;1H. The van der Waals surface area contributed by atoms with Crippen LogP contribution in [-0.4, -0.2) is 12.6 Å². The molecule has 1 aromatic rings. The lowest BCUT2D eigenvalue weighted by atomic mass is 10.0. The first kappa shape index (κ1) is 15.3. The van der Waals surface area contributed by atoms with Crippen LogP contribution in [0.5, 0.6) is 5.75 Å². The molecule has 0 saturated heterocycles. The van der Waals surface area contributed by atoms with Gasteiger partial charge >= 0.3 is 0 Å². The van der Waals surface area contributed by atoms with Gasteiger partial charge in [-0.1, -0.05) is 26.0 Å². The molecule has 0 radical (unpaired) electrons. The fraction of sp³-hybridized carbons (Fsp3) is 0.538. The lowest BCUT2D eigenvalue weighted by Gasteiger charge is -2.10. The van der Waals surface area contributed by atoms with E-state index in [1.807, 2.05) is 12.1 Å². The minimum atomic E-state index is 0. The highest BCUT2D eigenvalue weighted by atomic mass is 35.5. The van der Waals surface area contributed by atoms with Crippen LogP contribution in [-0.2, 0) is 6.42 Å². The third-order valence-corrected chi connectivity index (χ3v) is 2.39. The van der Waals surface area contributed by atoms with Crippen molar-refractivity contribution in [1.29, 1.82) is 0 Å². The van der Waals surface area contributed by atoms with E-state index in [0.29, 0.717) is 0 Å². The molecule has 92 valence electrons. The van der Waals surface area contributed by atoms with Crippen molar-refractivity contribution in [1.82, 2.24) is 0 Å². The Morgan fingerprint density at radius 3 is 2.69 bits per heavy atom. The van der Waals surface area contributed by atoms with Crippen molar-refractivity contribution in [2.24, 2.45) is 5.73 Å². The number of hydrogen-bond donors (Lipinski definition) is 1. The Balaban J connectivity index is 0.00000225. The SMILES string of the molecule is CCCOc1cccc(CC(N)CC)c1.Cl. The van der Waals surface area contributed by atoms with E-state index in [-0.39, 0.29) is 18.4 Å². The molecule has 0 saturated carbocycles. The minimum Gasteiger partial charge on any atom is -0.494 e. The zero-order valence-electron chi connectivity index (χ0n) is 10.1. The molecule has 16 heavy (non-hydrogen) atoms. The summed E-state index contributed by atoms with van der Waals surface area (Å²) in [5.74, 6) is 0.956. The summed E-state index contributed by atoms with van der Waals surface area (Å²) in [6.45, 7) is 5.00. The maximum absolute atomic E-state index is 5.91. The maximum Gasteiger partial charge on any atom is 0.119 e. The van der Waals surface area contributed by atoms with Crippen LogP contribution in [0.15, 0.2) is 24.3 Å². The lowest BCUT2D eigenvalue weighted by molar-refractivity contribution is 0.317. The van der Waals surface area contributed by atoms with Gasteiger partial charge in [0.25, 0.3) is 0 Å². The highest BCUT2D eigenvalue weighted by Gasteiger charge is 2.02. The highest BCUT2D eigenvalue weighted by molar-refractivity contribution is 5.85. The fourth-order valence-corrected chi connectivity index (χ4v) is 1.43. The van der Waals surface area contributed by atoms with Crippen molar-refractivity contribution < 1.29 is 4.74 Å². The fourth-order valence-electron chi connectivity index (χ4n) is 1.43. The largest absolute Gasteiger partial charge is 0.494 e. The molecule has 0 aliphatic rings. The van der Waals surface area contributed by atoms with E-state index < -0.39 is 0 Å². The summed E-state index contributed by atoms with van der Waals surface area (Å²) in [7, 11) is 0. The van der Waals surface area contributed by atoms with E-state index in [9.17, 15) is 0 Å². The molecule has 0 spiro atoms. The quantitative estimate of drug-likeness (QED) is 0.833. The second-order valence-corrected chi connectivity index (χ2v) is 3.87. The van der Waals surface area contributed by atoms with Crippen LogP contribution in [0, 0.1) is 0 Å². The van der Waals surface area contributed by atoms with Gasteiger partial charge in [-0.05, 0) is 37.0 Å². The van der Waals surface area contributed by atoms with E-state index in [0.717, 1.165) is 31.6 Å². The maximum atomic E-state index is 5.91. The molecule has 0 aromatic heterocycles. The number of benzene rings is 1. The first-order chi connectivity index (χ1) is 7.26. The highest BCUT2D eigenvalue weighted by Crippen LogP contribution is 2.15. The van der Waals surface area contributed by atoms with Gasteiger partial charge in [0.1, 0.15) is 5.75 Å². The van der Waals surface area contributed by atoms with Crippen molar-refractivity contribution in [2.75, 3.05) is 6.61 Å². The van der Waals surface area contributed by atoms with Crippen LogP contribution in [0.1, 0.15) is 32.3 Å². The first-order valence-corrected chi connectivity index (χ1v) is 5.73. The molecule has 3 heteroatoms. The number of hydrogen-bond acceptors (Lipinski definition) is 2. The average Bonchev–Trinajstić information content (AvgIpc) is 2.26. The summed E-state index contributed by atoms with van der Waals surface area (Å²) in [5.41, 5.74) is 7.18. The molecule has 1 rings (SSSR count). The summed E-state index contributed by atoms with van der Waals surface area (Å²) < 4.78 is 5.57. The average molecular weight is 244 g/mol. The number of rotatable bonds is 6. The molecule has 1 unspecified atom stereocenters. The van der Waals surface area contributed by atoms with Crippen LogP contribution in [0.3, 0.4) is 0 Å². The molecule has 1 aromatic carbocycles. The third-order valence-electron chi connectivity index (χ3n) is 2.39. The van der Waals surface area contributed by atoms with Crippen LogP contribution in [0.2, 0.25) is 0 Å². The Morgan fingerprint density at radius 1 is 1.31 bits per heavy atom. The molecule has 2 nitrogen and oxygen atoms in total. The molecule has 0 bridgehead atoms. The Bertz CT molecular complexity index is 291. The zero-order valence-corrected chi connectivity index (χ0v) is 10.9. The van der Waals surface area contributed by atoms with Gasteiger partial charge in [-0.3, -0.25) is 0 Å². The first-order valence-electron chi connectivity index (χ1n) is 5.73. The van der Waals surface area contributed by atoms with Crippen molar-refractivity contribution in [2.45, 2.75) is 39.2 Å². The van der Waals surface area contributed by atoms with Crippen molar-refractivity contribution in [3.8, 4) is 5.75 Å². The van der Waals surface area contributed by atoms with Gasteiger partial charge in [-0.2, -0.15) is 0 Å². The second-order valence-electron chi connectivity index (χ2n) is 3.87. The van der Waals surface area contributed by atoms with Crippen LogP contribution in [0.4, 0.5) is 0 Å². The van der Waals surface area contributed by atoms with Gasteiger partial charge in [0, 0.05) is 6.04 Å². The molecule has 2 N–H and O–H groups in total. The number of halogens is 1. The van der Waals surface area contributed by atoms with E-state index in [2.05, 4.69) is 26.0 Å². The molecular weight excluding hydrogens is 222 g/mol. The minimum absolute atomic E-state index is 0. The summed E-state index contributed by atoms with van der Waals surface area (Å²) in [6.07, 6.45) is 2.98. The smallest absolute Gasteiger partial charge is 0.119 e. The predicted octanol–water partition coefficient (Wildman–Crippen LogP) is 3.18.